The monoisotopic (exact) mass is 433 g/mol. The van der Waals surface area contributed by atoms with E-state index in [2.05, 4.69) is 34.6 Å². The first-order chi connectivity index (χ1) is 14.3. The molecule has 30 heavy (non-hydrogen) atoms. The van der Waals surface area contributed by atoms with Crippen LogP contribution in [0, 0.1) is 5.92 Å². The normalized spacial score (nSPS) is 26.8. The molecular weight excluding hydrogens is 394 g/mol. The highest BCUT2D eigenvalue weighted by molar-refractivity contribution is 7.92. The van der Waals surface area contributed by atoms with Crippen LogP contribution in [0.3, 0.4) is 0 Å². The number of nitrogens with zero attached hydrogens (tertiary/aromatic N) is 3. The zero-order valence-corrected chi connectivity index (χ0v) is 19.9. The maximum atomic E-state index is 12.5. The van der Waals surface area contributed by atoms with Gasteiger partial charge < -0.3 is 4.90 Å². The minimum atomic E-state index is -3.22. The van der Waals surface area contributed by atoms with Crippen molar-refractivity contribution in [2.24, 2.45) is 5.92 Å². The molecule has 0 amide bonds. The molecule has 3 saturated heterocycles. The third kappa shape index (κ3) is 4.42. The quantitative estimate of drug-likeness (QED) is 0.685. The summed E-state index contributed by atoms with van der Waals surface area (Å²) in [5.74, 6) is 0.762. The fraction of sp³-hybridized carbons (Fsp3) is 0.750. The van der Waals surface area contributed by atoms with E-state index in [1.54, 1.807) is 19.9 Å². The second kappa shape index (κ2) is 8.79. The van der Waals surface area contributed by atoms with Gasteiger partial charge in [0.05, 0.1) is 10.1 Å². The van der Waals surface area contributed by atoms with E-state index >= 15 is 0 Å². The standard InChI is InChI=1S/C24H39N3O2S/c1-18(2)26-16-22-8-9-23(17-26)27(22)15-20-10-12-25(13-11-20)21-6-5-7-24(14-21)30(28,29)19(3)4/h5-7,14,18-20,22-23H,8-13,15-17H2,1-4H3. The van der Waals surface area contributed by atoms with Gasteiger partial charge >= 0.3 is 0 Å². The summed E-state index contributed by atoms with van der Waals surface area (Å²) >= 11 is 0. The number of piperazine rings is 1. The molecule has 0 N–H and O–H groups in total. The molecule has 0 aliphatic carbocycles. The fourth-order valence-corrected chi connectivity index (χ4v) is 6.64. The van der Waals surface area contributed by atoms with E-state index < -0.39 is 9.84 Å². The van der Waals surface area contributed by atoms with Crippen molar-refractivity contribution in [3.63, 3.8) is 0 Å². The number of hydrogen-bond donors (Lipinski definition) is 0. The molecule has 0 aromatic heterocycles. The highest BCUT2D eigenvalue weighted by Gasteiger charge is 2.41. The molecule has 4 rings (SSSR count). The van der Waals surface area contributed by atoms with E-state index in [-0.39, 0.29) is 5.25 Å². The van der Waals surface area contributed by atoms with E-state index in [0.717, 1.165) is 36.8 Å². The summed E-state index contributed by atoms with van der Waals surface area (Å²) in [6.07, 6.45) is 5.13. The Labute approximate surface area is 183 Å². The topological polar surface area (TPSA) is 43.9 Å². The van der Waals surface area contributed by atoms with Crippen molar-refractivity contribution in [2.75, 3.05) is 37.6 Å². The predicted molar refractivity (Wildman–Crippen MR) is 124 cm³/mol. The number of anilines is 1. The van der Waals surface area contributed by atoms with Crippen LogP contribution in [-0.4, -0.2) is 74.3 Å². The van der Waals surface area contributed by atoms with Crippen molar-refractivity contribution in [2.45, 2.75) is 81.6 Å². The Kier molecular flexibility index (Phi) is 6.48. The average molecular weight is 434 g/mol. The van der Waals surface area contributed by atoms with E-state index in [1.807, 2.05) is 12.1 Å². The van der Waals surface area contributed by atoms with Gasteiger partial charge in [-0.15, -0.1) is 0 Å². The Hall–Kier alpha value is -1.11. The van der Waals surface area contributed by atoms with Crippen molar-refractivity contribution in [1.82, 2.24) is 9.80 Å². The van der Waals surface area contributed by atoms with Gasteiger partial charge in [0.15, 0.2) is 9.84 Å². The molecule has 1 aromatic rings. The number of piperidine rings is 1. The SMILES string of the molecule is CC(C)N1CC2CCC(C1)N2CC1CCN(c2cccc(S(=O)(=O)C(C)C)c2)CC1. The summed E-state index contributed by atoms with van der Waals surface area (Å²) in [5, 5.41) is -0.384. The Morgan fingerprint density at radius 2 is 1.60 bits per heavy atom. The van der Waals surface area contributed by atoms with Gasteiger partial charge in [0.2, 0.25) is 0 Å². The predicted octanol–water partition coefficient (Wildman–Crippen LogP) is 3.64. The molecule has 3 fully saturated rings. The van der Waals surface area contributed by atoms with Crippen LogP contribution in [-0.2, 0) is 9.84 Å². The van der Waals surface area contributed by atoms with E-state index in [9.17, 15) is 8.42 Å². The summed E-state index contributed by atoms with van der Waals surface area (Å²) in [6, 6.07) is 9.73. The summed E-state index contributed by atoms with van der Waals surface area (Å²) < 4.78 is 25.1. The summed E-state index contributed by atoms with van der Waals surface area (Å²) in [4.78, 5) is 8.33. The molecule has 5 nitrogen and oxygen atoms in total. The van der Waals surface area contributed by atoms with Crippen molar-refractivity contribution < 1.29 is 8.42 Å². The molecule has 0 radical (unpaired) electrons. The van der Waals surface area contributed by atoms with Crippen molar-refractivity contribution >= 4 is 15.5 Å². The third-order valence-corrected chi connectivity index (χ3v) is 9.76. The van der Waals surface area contributed by atoms with E-state index in [1.165, 1.54) is 45.3 Å². The first kappa shape index (κ1) is 22.1. The summed E-state index contributed by atoms with van der Waals surface area (Å²) in [7, 11) is -3.22. The first-order valence-corrected chi connectivity index (χ1v) is 13.4. The van der Waals surface area contributed by atoms with Crippen molar-refractivity contribution in [3.05, 3.63) is 24.3 Å². The minimum Gasteiger partial charge on any atom is -0.371 e. The maximum Gasteiger partial charge on any atom is 0.180 e. The second-order valence-corrected chi connectivity index (χ2v) is 12.7. The number of benzene rings is 1. The van der Waals surface area contributed by atoms with Gasteiger partial charge in [-0.1, -0.05) is 6.07 Å². The fourth-order valence-electron chi connectivity index (χ4n) is 5.54. The number of rotatable bonds is 6. The van der Waals surface area contributed by atoms with Crippen LogP contribution in [0.15, 0.2) is 29.2 Å². The van der Waals surface area contributed by atoms with Crippen LogP contribution in [0.4, 0.5) is 5.69 Å². The highest BCUT2D eigenvalue weighted by Crippen LogP contribution is 2.34. The third-order valence-electron chi connectivity index (χ3n) is 7.61. The van der Waals surface area contributed by atoms with Gasteiger partial charge in [0, 0.05) is 56.5 Å². The van der Waals surface area contributed by atoms with Gasteiger partial charge in [-0.25, -0.2) is 8.42 Å². The molecule has 3 aliphatic rings. The van der Waals surface area contributed by atoms with E-state index in [4.69, 9.17) is 0 Å². The summed E-state index contributed by atoms with van der Waals surface area (Å²) in [5.41, 5.74) is 1.06. The molecule has 6 heteroatoms. The lowest BCUT2D eigenvalue weighted by Crippen LogP contribution is -2.56. The van der Waals surface area contributed by atoms with Crippen molar-refractivity contribution in [1.29, 1.82) is 0 Å². The molecule has 0 spiro atoms. The number of hydrogen-bond acceptors (Lipinski definition) is 5. The first-order valence-electron chi connectivity index (χ1n) is 11.8. The molecule has 3 aliphatic heterocycles. The smallest absolute Gasteiger partial charge is 0.180 e. The molecule has 2 bridgehead atoms. The van der Waals surface area contributed by atoms with Crippen LogP contribution < -0.4 is 4.90 Å². The van der Waals surface area contributed by atoms with Gasteiger partial charge in [-0.2, -0.15) is 0 Å². The molecule has 1 aromatic carbocycles. The average Bonchev–Trinajstić information content (AvgIpc) is 2.95. The molecule has 2 atom stereocenters. The molecule has 3 heterocycles. The van der Waals surface area contributed by atoms with Crippen LogP contribution in [0.1, 0.15) is 53.4 Å². The van der Waals surface area contributed by atoms with Crippen LogP contribution in [0.25, 0.3) is 0 Å². The maximum absolute atomic E-state index is 12.5. The molecule has 168 valence electrons. The zero-order chi connectivity index (χ0) is 21.5. The van der Waals surface area contributed by atoms with Gasteiger partial charge in [0.25, 0.3) is 0 Å². The Balaban J connectivity index is 1.34. The lowest BCUT2D eigenvalue weighted by molar-refractivity contribution is 0.0361. The minimum absolute atomic E-state index is 0.384. The lowest BCUT2D eigenvalue weighted by Gasteiger charge is -2.45. The molecular formula is C24H39N3O2S. The van der Waals surface area contributed by atoms with Gasteiger partial charge in [0.1, 0.15) is 0 Å². The van der Waals surface area contributed by atoms with Crippen LogP contribution in [0.2, 0.25) is 0 Å². The molecule has 0 saturated carbocycles. The van der Waals surface area contributed by atoms with Crippen LogP contribution >= 0.6 is 0 Å². The lowest BCUT2D eigenvalue weighted by atomic mass is 9.94. The largest absolute Gasteiger partial charge is 0.371 e. The van der Waals surface area contributed by atoms with Crippen LogP contribution in [0.5, 0.6) is 0 Å². The highest BCUT2D eigenvalue weighted by atomic mass is 32.2. The van der Waals surface area contributed by atoms with E-state index in [0.29, 0.717) is 10.9 Å². The van der Waals surface area contributed by atoms with Gasteiger partial charge in [-0.3, -0.25) is 9.80 Å². The number of fused-ring (bicyclic) bond motifs is 2. The zero-order valence-electron chi connectivity index (χ0n) is 19.1. The number of likely N-dealkylation sites (tertiary alicyclic amines) is 1. The van der Waals surface area contributed by atoms with Crippen molar-refractivity contribution in [3.8, 4) is 0 Å². The number of sulfone groups is 1. The second-order valence-electron chi connectivity index (χ2n) is 10.2. The Morgan fingerprint density at radius 1 is 0.967 bits per heavy atom. The Bertz CT molecular complexity index is 817. The summed E-state index contributed by atoms with van der Waals surface area (Å²) in [6.45, 7) is 13.9. The Morgan fingerprint density at radius 3 is 2.17 bits per heavy atom. The molecule has 2 unspecified atom stereocenters. The van der Waals surface area contributed by atoms with Gasteiger partial charge in [-0.05, 0) is 77.5 Å².